The molecule has 1 aromatic heterocycles. The molecule has 5 nitrogen and oxygen atoms in total. The molecule has 0 spiro atoms. The number of aliphatic hydroxyl groups excluding tert-OH is 1. The van der Waals surface area contributed by atoms with Crippen LogP contribution < -0.4 is 0 Å². The van der Waals surface area contributed by atoms with Crippen molar-refractivity contribution in [3.8, 4) is 0 Å². The zero-order chi connectivity index (χ0) is 14.9. The second-order valence-electron chi connectivity index (χ2n) is 4.86. The molecule has 1 aromatic carbocycles. The van der Waals surface area contributed by atoms with Gasteiger partial charge in [-0.1, -0.05) is 0 Å². The molecule has 106 valence electrons. The summed E-state index contributed by atoms with van der Waals surface area (Å²) in [4.78, 5) is 22.9. The maximum absolute atomic E-state index is 11.7. The number of benzene rings is 1. The fourth-order valence-electron chi connectivity index (χ4n) is 2.38. The minimum Gasteiger partial charge on any atom is -0.478 e. The summed E-state index contributed by atoms with van der Waals surface area (Å²) in [6.07, 6.45) is 2.28. The van der Waals surface area contributed by atoms with E-state index in [-0.39, 0.29) is 18.0 Å². The number of carboxylic acid groups (broad SMARTS) is 1. The van der Waals surface area contributed by atoms with Crippen LogP contribution >= 0.6 is 0 Å². The molecule has 0 saturated heterocycles. The maximum Gasteiger partial charge on any atom is 0.336 e. The lowest BCUT2D eigenvalue weighted by Gasteiger charge is -2.06. The Balaban J connectivity index is 2.70. The van der Waals surface area contributed by atoms with Crippen molar-refractivity contribution in [2.45, 2.75) is 26.8 Å². The summed E-state index contributed by atoms with van der Waals surface area (Å²) in [6.45, 7) is 3.80. The topological polar surface area (TPSA) is 79.5 Å². The van der Waals surface area contributed by atoms with Crippen molar-refractivity contribution < 1.29 is 19.8 Å². The fourth-order valence-corrected chi connectivity index (χ4v) is 2.38. The molecule has 0 saturated carbocycles. The molecule has 0 atom stereocenters. The Morgan fingerprint density at radius 1 is 1.25 bits per heavy atom. The smallest absolute Gasteiger partial charge is 0.336 e. The summed E-state index contributed by atoms with van der Waals surface area (Å²) in [5.74, 6) is -1.04. The zero-order valence-electron chi connectivity index (χ0n) is 11.5. The van der Waals surface area contributed by atoms with Gasteiger partial charge in [0.1, 0.15) is 0 Å². The lowest BCUT2D eigenvalue weighted by atomic mass is 10.0. The van der Waals surface area contributed by atoms with Gasteiger partial charge in [0.05, 0.1) is 5.56 Å². The largest absolute Gasteiger partial charge is 0.478 e. The number of aromatic carboxylic acids is 1. The van der Waals surface area contributed by atoms with Crippen LogP contribution in [0.5, 0.6) is 0 Å². The molecule has 0 aliphatic rings. The number of nitrogens with zero attached hydrogens (tertiary/aromatic N) is 1. The van der Waals surface area contributed by atoms with E-state index < -0.39 is 5.97 Å². The molecule has 0 fully saturated rings. The van der Waals surface area contributed by atoms with Crippen LogP contribution in [-0.2, 0) is 6.54 Å². The van der Waals surface area contributed by atoms with Crippen LogP contribution in [0, 0.1) is 6.92 Å². The highest BCUT2D eigenvalue weighted by Gasteiger charge is 2.16. The van der Waals surface area contributed by atoms with Gasteiger partial charge >= 0.3 is 5.97 Å². The van der Waals surface area contributed by atoms with Gasteiger partial charge in [-0.15, -0.1) is 0 Å². The number of carbonyl (C=O) groups excluding carboxylic acids is 1. The van der Waals surface area contributed by atoms with Crippen molar-refractivity contribution in [2.75, 3.05) is 6.61 Å². The lowest BCUT2D eigenvalue weighted by molar-refractivity contribution is 0.0696. The normalized spacial score (nSPS) is 10.9. The van der Waals surface area contributed by atoms with Gasteiger partial charge in [0.25, 0.3) is 0 Å². The van der Waals surface area contributed by atoms with Crippen molar-refractivity contribution in [3.63, 3.8) is 0 Å². The van der Waals surface area contributed by atoms with E-state index in [4.69, 9.17) is 5.11 Å². The highest BCUT2D eigenvalue weighted by atomic mass is 16.4. The second kappa shape index (κ2) is 5.46. The van der Waals surface area contributed by atoms with Crippen LogP contribution in [0.1, 0.15) is 39.6 Å². The molecule has 0 radical (unpaired) electrons. The van der Waals surface area contributed by atoms with Crippen LogP contribution in [0.15, 0.2) is 18.3 Å². The van der Waals surface area contributed by atoms with E-state index in [1.807, 2.05) is 4.57 Å². The molecular formula is C15H17NO4. The SMILES string of the molecule is CC(=O)c1cn(CCCO)c2cc(C(=O)O)c(C)cc12. The number of ketones is 1. The predicted molar refractivity (Wildman–Crippen MR) is 75.3 cm³/mol. The molecule has 0 aliphatic carbocycles. The summed E-state index contributed by atoms with van der Waals surface area (Å²) in [5.41, 5.74) is 2.16. The summed E-state index contributed by atoms with van der Waals surface area (Å²) in [5, 5.41) is 18.9. The average Bonchev–Trinajstić information content (AvgIpc) is 2.73. The van der Waals surface area contributed by atoms with E-state index in [9.17, 15) is 14.7 Å². The molecule has 2 rings (SSSR count). The number of rotatable bonds is 5. The Morgan fingerprint density at radius 3 is 2.50 bits per heavy atom. The first kappa shape index (κ1) is 14.3. The average molecular weight is 275 g/mol. The van der Waals surface area contributed by atoms with Crippen molar-refractivity contribution in [1.29, 1.82) is 0 Å². The van der Waals surface area contributed by atoms with E-state index >= 15 is 0 Å². The number of carbonyl (C=O) groups is 2. The van der Waals surface area contributed by atoms with Crippen molar-refractivity contribution in [2.24, 2.45) is 0 Å². The van der Waals surface area contributed by atoms with Crippen LogP contribution in [-0.4, -0.2) is 33.1 Å². The molecule has 1 heterocycles. The highest BCUT2D eigenvalue weighted by Crippen LogP contribution is 2.26. The van der Waals surface area contributed by atoms with Crippen LogP contribution in [0.3, 0.4) is 0 Å². The van der Waals surface area contributed by atoms with Gasteiger partial charge in [-0.25, -0.2) is 4.79 Å². The molecule has 0 amide bonds. The van der Waals surface area contributed by atoms with Gasteiger partial charge in [-0.2, -0.15) is 0 Å². The lowest BCUT2D eigenvalue weighted by Crippen LogP contribution is -2.02. The van der Waals surface area contributed by atoms with Gasteiger partial charge in [-0.3, -0.25) is 4.79 Å². The molecule has 5 heteroatoms. The molecule has 0 bridgehead atoms. The first-order valence-corrected chi connectivity index (χ1v) is 6.44. The first-order valence-electron chi connectivity index (χ1n) is 6.44. The van der Waals surface area contributed by atoms with E-state index in [1.165, 1.54) is 6.92 Å². The van der Waals surface area contributed by atoms with Gasteiger partial charge in [0.2, 0.25) is 0 Å². The van der Waals surface area contributed by atoms with Crippen LogP contribution in [0.2, 0.25) is 0 Å². The van der Waals surface area contributed by atoms with E-state index in [2.05, 4.69) is 0 Å². The Morgan fingerprint density at radius 2 is 1.95 bits per heavy atom. The Hall–Kier alpha value is -2.14. The molecular weight excluding hydrogens is 258 g/mol. The number of Topliss-reactive ketones (excluding diaryl/α,β-unsaturated/α-hetero) is 1. The Labute approximate surface area is 116 Å². The van der Waals surface area contributed by atoms with Gasteiger partial charge in [-0.05, 0) is 38.0 Å². The summed E-state index contributed by atoms with van der Waals surface area (Å²) in [7, 11) is 0. The second-order valence-corrected chi connectivity index (χ2v) is 4.86. The van der Waals surface area contributed by atoms with Gasteiger partial charge < -0.3 is 14.8 Å². The molecule has 0 aliphatic heterocycles. The molecule has 2 N–H and O–H groups in total. The van der Waals surface area contributed by atoms with Crippen LogP contribution in [0.4, 0.5) is 0 Å². The van der Waals surface area contributed by atoms with Gasteiger partial charge in [0, 0.05) is 35.8 Å². The highest BCUT2D eigenvalue weighted by molar-refractivity contribution is 6.08. The van der Waals surface area contributed by atoms with E-state index in [0.717, 1.165) is 5.39 Å². The fraction of sp³-hybridized carbons (Fsp3) is 0.333. The number of aromatic nitrogens is 1. The van der Waals surface area contributed by atoms with Crippen LogP contribution in [0.25, 0.3) is 10.9 Å². The molecule has 20 heavy (non-hydrogen) atoms. The van der Waals surface area contributed by atoms with Crippen molar-refractivity contribution in [3.05, 3.63) is 35.0 Å². The third-order valence-corrected chi connectivity index (χ3v) is 3.39. The zero-order valence-corrected chi connectivity index (χ0v) is 11.5. The third-order valence-electron chi connectivity index (χ3n) is 3.39. The number of carboxylic acids is 1. The summed E-state index contributed by atoms with van der Waals surface area (Å²) < 4.78 is 1.83. The number of hydrogen-bond acceptors (Lipinski definition) is 3. The van der Waals surface area contributed by atoms with Crippen molar-refractivity contribution in [1.82, 2.24) is 4.57 Å². The Bertz CT molecular complexity index is 685. The number of aryl methyl sites for hydroxylation is 2. The first-order chi connectivity index (χ1) is 9.45. The van der Waals surface area contributed by atoms with E-state index in [1.54, 1.807) is 25.3 Å². The molecule has 0 unspecified atom stereocenters. The number of fused-ring (bicyclic) bond motifs is 1. The summed E-state index contributed by atoms with van der Waals surface area (Å²) in [6, 6.07) is 3.34. The maximum atomic E-state index is 11.7. The predicted octanol–water partition coefficient (Wildman–Crippen LogP) is 2.23. The molecule has 2 aromatic rings. The minimum absolute atomic E-state index is 0.0483. The number of aliphatic hydroxyl groups is 1. The van der Waals surface area contributed by atoms with Gasteiger partial charge in [0.15, 0.2) is 5.78 Å². The standard InChI is InChI=1S/C15H17NO4/c1-9-6-12-13(10(2)18)8-16(4-3-5-17)14(12)7-11(9)15(19)20/h6-8,17H,3-5H2,1-2H3,(H,19,20). The number of hydrogen-bond donors (Lipinski definition) is 2. The quantitative estimate of drug-likeness (QED) is 0.820. The van der Waals surface area contributed by atoms with Crippen molar-refractivity contribution >= 4 is 22.7 Å². The monoisotopic (exact) mass is 275 g/mol. The summed E-state index contributed by atoms with van der Waals surface area (Å²) >= 11 is 0. The third kappa shape index (κ3) is 2.44. The minimum atomic E-state index is -0.983. The van der Waals surface area contributed by atoms with E-state index in [0.29, 0.717) is 29.6 Å². The Kier molecular flexibility index (Phi) is 3.90.